The van der Waals surface area contributed by atoms with E-state index in [1.165, 1.54) is 0 Å². The molecule has 0 radical (unpaired) electrons. The molecule has 2 heteroatoms. The molecular weight excluding hydrogens is 236 g/mol. The van der Waals surface area contributed by atoms with E-state index in [0.717, 1.165) is 5.76 Å². The first-order chi connectivity index (χ1) is 9.30. The third kappa shape index (κ3) is 7.66. The molecular formula is C17H20O2. The second kappa shape index (κ2) is 9.77. The van der Waals surface area contributed by atoms with E-state index in [2.05, 4.69) is 18.3 Å². The van der Waals surface area contributed by atoms with Crippen LogP contribution in [0.4, 0.5) is 0 Å². The maximum absolute atomic E-state index is 5.09. The second-order valence-electron chi connectivity index (χ2n) is 4.12. The normalized spacial score (nSPS) is 9.00. The van der Waals surface area contributed by atoms with Gasteiger partial charge in [0.25, 0.3) is 0 Å². The van der Waals surface area contributed by atoms with Crippen molar-refractivity contribution in [2.75, 3.05) is 0 Å². The zero-order chi connectivity index (χ0) is 13.8. The van der Waals surface area contributed by atoms with Crippen LogP contribution in [0.2, 0.25) is 0 Å². The summed E-state index contributed by atoms with van der Waals surface area (Å²) < 4.78 is 9.68. The molecule has 0 saturated heterocycles. The SMILES string of the molecule is CC(C)c1ccco1.c1ccccc1.c1ccoc1. The van der Waals surface area contributed by atoms with Crippen molar-refractivity contribution in [2.24, 2.45) is 0 Å². The van der Waals surface area contributed by atoms with Crippen molar-refractivity contribution in [3.63, 3.8) is 0 Å². The molecule has 19 heavy (non-hydrogen) atoms. The Morgan fingerprint density at radius 1 is 0.684 bits per heavy atom. The Bertz CT molecular complexity index is 423. The van der Waals surface area contributed by atoms with Crippen molar-refractivity contribution >= 4 is 0 Å². The van der Waals surface area contributed by atoms with Gasteiger partial charge in [-0.05, 0) is 24.3 Å². The molecule has 0 N–H and O–H groups in total. The van der Waals surface area contributed by atoms with E-state index in [0.29, 0.717) is 5.92 Å². The van der Waals surface area contributed by atoms with Crippen LogP contribution in [0.1, 0.15) is 25.5 Å². The van der Waals surface area contributed by atoms with Crippen LogP contribution in [-0.2, 0) is 0 Å². The number of rotatable bonds is 1. The van der Waals surface area contributed by atoms with E-state index in [-0.39, 0.29) is 0 Å². The van der Waals surface area contributed by atoms with Gasteiger partial charge in [0.15, 0.2) is 0 Å². The summed E-state index contributed by atoms with van der Waals surface area (Å²) >= 11 is 0. The summed E-state index contributed by atoms with van der Waals surface area (Å²) in [4.78, 5) is 0. The first-order valence-corrected chi connectivity index (χ1v) is 6.31. The Hall–Kier alpha value is -2.22. The lowest BCUT2D eigenvalue weighted by atomic mass is 10.2. The highest BCUT2D eigenvalue weighted by Gasteiger charge is 1.97. The number of hydrogen-bond donors (Lipinski definition) is 0. The highest BCUT2D eigenvalue weighted by Crippen LogP contribution is 2.12. The number of furan rings is 2. The van der Waals surface area contributed by atoms with Crippen LogP contribution in [0.25, 0.3) is 0 Å². The predicted octanol–water partition coefficient (Wildman–Crippen LogP) is 5.37. The van der Waals surface area contributed by atoms with Gasteiger partial charge in [0.1, 0.15) is 5.76 Å². The lowest BCUT2D eigenvalue weighted by Gasteiger charge is -1.94. The molecule has 0 bridgehead atoms. The predicted molar refractivity (Wildman–Crippen MR) is 77.9 cm³/mol. The van der Waals surface area contributed by atoms with Crippen molar-refractivity contribution in [3.8, 4) is 0 Å². The fourth-order valence-electron chi connectivity index (χ4n) is 1.23. The molecule has 2 nitrogen and oxygen atoms in total. The van der Waals surface area contributed by atoms with Gasteiger partial charge in [0.05, 0.1) is 18.8 Å². The summed E-state index contributed by atoms with van der Waals surface area (Å²) in [6.45, 7) is 4.22. The second-order valence-corrected chi connectivity index (χ2v) is 4.12. The standard InChI is InChI=1S/C7H10O.C6H6.C4H4O/c1-6(2)7-4-3-5-8-7;1-2-4-6-5-3-1;1-2-4-5-3-1/h3-6H,1-2H3;1-6H;1-4H. The van der Waals surface area contributed by atoms with Crippen LogP contribution < -0.4 is 0 Å². The Labute approximate surface area is 114 Å². The zero-order valence-corrected chi connectivity index (χ0v) is 11.4. The summed E-state index contributed by atoms with van der Waals surface area (Å²) in [6, 6.07) is 19.6. The van der Waals surface area contributed by atoms with E-state index in [1.54, 1.807) is 18.8 Å². The minimum atomic E-state index is 0.519. The van der Waals surface area contributed by atoms with Gasteiger partial charge in [0, 0.05) is 5.92 Å². The summed E-state index contributed by atoms with van der Waals surface area (Å²) in [5, 5.41) is 0. The van der Waals surface area contributed by atoms with Gasteiger partial charge in [-0.2, -0.15) is 0 Å². The summed E-state index contributed by atoms with van der Waals surface area (Å²) in [5.74, 6) is 1.58. The molecule has 0 saturated carbocycles. The molecule has 0 unspecified atom stereocenters. The van der Waals surface area contributed by atoms with Gasteiger partial charge >= 0.3 is 0 Å². The third-order valence-electron chi connectivity index (χ3n) is 2.20. The molecule has 100 valence electrons. The topological polar surface area (TPSA) is 26.3 Å². The van der Waals surface area contributed by atoms with Crippen LogP contribution in [0, 0.1) is 0 Å². The van der Waals surface area contributed by atoms with Crippen molar-refractivity contribution in [1.82, 2.24) is 0 Å². The van der Waals surface area contributed by atoms with E-state index in [1.807, 2.05) is 60.7 Å². The maximum Gasteiger partial charge on any atom is 0.106 e. The quantitative estimate of drug-likeness (QED) is 0.585. The van der Waals surface area contributed by atoms with Crippen LogP contribution in [-0.4, -0.2) is 0 Å². The van der Waals surface area contributed by atoms with Crippen LogP contribution >= 0.6 is 0 Å². The third-order valence-corrected chi connectivity index (χ3v) is 2.20. The van der Waals surface area contributed by atoms with Crippen molar-refractivity contribution < 1.29 is 8.83 Å². The van der Waals surface area contributed by atoms with E-state index in [4.69, 9.17) is 4.42 Å². The molecule has 0 aliphatic heterocycles. The van der Waals surface area contributed by atoms with E-state index >= 15 is 0 Å². The summed E-state index contributed by atoms with van der Waals surface area (Å²) in [6.07, 6.45) is 4.95. The smallest absolute Gasteiger partial charge is 0.106 e. The fraction of sp³-hybridized carbons (Fsp3) is 0.176. The Morgan fingerprint density at radius 3 is 1.42 bits per heavy atom. The Kier molecular flexibility index (Phi) is 7.63. The average Bonchev–Trinajstić information content (AvgIpc) is 3.18. The molecule has 1 aromatic carbocycles. The largest absolute Gasteiger partial charge is 0.473 e. The summed E-state index contributed by atoms with van der Waals surface area (Å²) in [7, 11) is 0. The average molecular weight is 256 g/mol. The zero-order valence-electron chi connectivity index (χ0n) is 11.4. The molecule has 0 fully saturated rings. The monoisotopic (exact) mass is 256 g/mol. The molecule has 0 aliphatic rings. The van der Waals surface area contributed by atoms with Gasteiger partial charge in [-0.3, -0.25) is 0 Å². The van der Waals surface area contributed by atoms with Crippen molar-refractivity contribution in [2.45, 2.75) is 19.8 Å². The number of hydrogen-bond acceptors (Lipinski definition) is 2. The van der Waals surface area contributed by atoms with Gasteiger partial charge in [0.2, 0.25) is 0 Å². The van der Waals surface area contributed by atoms with E-state index < -0.39 is 0 Å². The lowest BCUT2D eigenvalue weighted by Crippen LogP contribution is -1.79. The minimum Gasteiger partial charge on any atom is -0.473 e. The molecule has 2 aromatic heterocycles. The fourth-order valence-corrected chi connectivity index (χ4v) is 1.23. The lowest BCUT2D eigenvalue weighted by molar-refractivity contribution is 0.487. The molecule has 2 heterocycles. The molecule has 0 amide bonds. The van der Waals surface area contributed by atoms with Gasteiger partial charge < -0.3 is 8.83 Å². The molecule has 0 atom stereocenters. The van der Waals surface area contributed by atoms with E-state index in [9.17, 15) is 0 Å². The van der Waals surface area contributed by atoms with Gasteiger partial charge in [-0.15, -0.1) is 0 Å². The highest BCUT2D eigenvalue weighted by molar-refractivity contribution is 5.02. The maximum atomic E-state index is 5.09. The van der Waals surface area contributed by atoms with Crippen LogP contribution in [0.5, 0.6) is 0 Å². The van der Waals surface area contributed by atoms with Gasteiger partial charge in [-0.25, -0.2) is 0 Å². The Morgan fingerprint density at radius 2 is 1.21 bits per heavy atom. The first kappa shape index (κ1) is 14.8. The Balaban J connectivity index is 0.000000147. The van der Waals surface area contributed by atoms with Crippen molar-refractivity contribution in [3.05, 3.63) is 85.2 Å². The van der Waals surface area contributed by atoms with Gasteiger partial charge in [-0.1, -0.05) is 50.2 Å². The van der Waals surface area contributed by atoms with Crippen LogP contribution in [0.3, 0.4) is 0 Å². The van der Waals surface area contributed by atoms with Crippen LogP contribution in [0.15, 0.2) is 88.3 Å². The summed E-state index contributed by atoms with van der Waals surface area (Å²) in [5.41, 5.74) is 0. The molecule has 3 aromatic rings. The van der Waals surface area contributed by atoms with Crippen molar-refractivity contribution in [1.29, 1.82) is 0 Å². The minimum absolute atomic E-state index is 0.519. The number of benzene rings is 1. The first-order valence-electron chi connectivity index (χ1n) is 6.31. The molecule has 3 rings (SSSR count). The molecule has 0 aliphatic carbocycles. The molecule has 0 spiro atoms. The highest BCUT2D eigenvalue weighted by atomic mass is 16.3.